The summed E-state index contributed by atoms with van der Waals surface area (Å²) in [5.74, 6) is 0. The van der Waals surface area contributed by atoms with E-state index in [1.165, 1.54) is 11.3 Å². The van der Waals surface area contributed by atoms with Crippen LogP contribution in [0.4, 0.5) is 0 Å². The van der Waals surface area contributed by atoms with Gasteiger partial charge in [-0.15, -0.1) is 0 Å². The van der Waals surface area contributed by atoms with E-state index in [2.05, 4.69) is 36.8 Å². The number of nitrogens with two attached hydrogens (primary N) is 1. The van der Waals surface area contributed by atoms with Crippen molar-refractivity contribution in [2.75, 3.05) is 20.1 Å². The lowest BCUT2D eigenvalue weighted by Crippen LogP contribution is -2.25. The zero-order valence-electron chi connectivity index (χ0n) is 11.3. The maximum Gasteiger partial charge on any atom is 0.0604 e. The normalized spacial score (nSPS) is 13.0. The molecule has 0 aliphatic rings. The van der Waals surface area contributed by atoms with Gasteiger partial charge in [0.25, 0.3) is 0 Å². The molecule has 3 heteroatoms. The lowest BCUT2D eigenvalue weighted by atomic mass is 10.1. The van der Waals surface area contributed by atoms with Gasteiger partial charge in [0.15, 0.2) is 0 Å². The molecule has 1 atom stereocenters. The van der Waals surface area contributed by atoms with Crippen LogP contribution in [-0.4, -0.2) is 30.0 Å². The summed E-state index contributed by atoms with van der Waals surface area (Å²) in [6.07, 6.45) is 5.19. The van der Waals surface area contributed by atoms with Crippen molar-refractivity contribution in [3.05, 3.63) is 29.6 Å². The molecule has 0 aromatic carbocycles. The van der Waals surface area contributed by atoms with Crippen LogP contribution >= 0.6 is 0 Å². The molecule has 3 nitrogen and oxygen atoms in total. The first kappa shape index (κ1) is 14.1. The van der Waals surface area contributed by atoms with Gasteiger partial charge < -0.3 is 5.73 Å². The Morgan fingerprint density at radius 1 is 1.41 bits per heavy atom. The average molecular weight is 235 g/mol. The fraction of sp³-hybridized carbons (Fsp3) is 0.643. The van der Waals surface area contributed by atoms with Crippen molar-refractivity contribution in [1.29, 1.82) is 0 Å². The predicted molar refractivity (Wildman–Crippen MR) is 72.9 cm³/mol. The molecule has 17 heavy (non-hydrogen) atoms. The molecule has 0 fully saturated rings. The summed E-state index contributed by atoms with van der Waals surface area (Å²) in [5, 5.41) is 0. The van der Waals surface area contributed by atoms with Gasteiger partial charge in [0.1, 0.15) is 0 Å². The van der Waals surface area contributed by atoms with Gasteiger partial charge in [-0.05, 0) is 58.0 Å². The van der Waals surface area contributed by atoms with E-state index in [0.717, 1.165) is 32.4 Å². The van der Waals surface area contributed by atoms with Crippen LogP contribution in [0.3, 0.4) is 0 Å². The summed E-state index contributed by atoms with van der Waals surface area (Å²) in [4.78, 5) is 6.89. The van der Waals surface area contributed by atoms with Crippen LogP contribution in [0.15, 0.2) is 18.3 Å². The summed E-state index contributed by atoms with van der Waals surface area (Å²) < 4.78 is 0. The van der Waals surface area contributed by atoms with Gasteiger partial charge in [-0.25, -0.2) is 0 Å². The highest BCUT2D eigenvalue weighted by Gasteiger charge is 2.15. The number of rotatable bonds is 7. The molecular weight excluding hydrogens is 210 g/mol. The first-order chi connectivity index (χ1) is 8.20. The van der Waals surface area contributed by atoms with Gasteiger partial charge in [0, 0.05) is 12.2 Å². The standard InChI is InChI=1S/C14H25N3/c1-4-13-8-7-10-16-14(13)12(2)17(3)11-6-5-9-15/h7-8,10,12H,4-6,9,11,15H2,1-3H3. The van der Waals surface area contributed by atoms with Crippen molar-refractivity contribution in [2.45, 2.75) is 39.2 Å². The van der Waals surface area contributed by atoms with E-state index in [0.29, 0.717) is 6.04 Å². The van der Waals surface area contributed by atoms with E-state index in [-0.39, 0.29) is 0 Å². The molecule has 1 aromatic rings. The summed E-state index contributed by atoms with van der Waals surface area (Å²) >= 11 is 0. The monoisotopic (exact) mass is 235 g/mol. The van der Waals surface area contributed by atoms with Crippen molar-refractivity contribution in [3.63, 3.8) is 0 Å². The number of pyridine rings is 1. The van der Waals surface area contributed by atoms with Crippen molar-refractivity contribution < 1.29 is 0 Å². The summed E-state index contributed by atoms with van der Waals surface area (Å²) in [5.41, 5.74) is 8.08. The molecule has 2 N–H and O–H groups in total. The van der Waals surface area contributed by atoms with E-state index in [1.807, 2.05) is 12.3 Å². The van der Waals surface area contributed by atoms with Gasteiger partial charge in [-0.3, -0.25) is 9.88 Å². The summed E-state index contributed by atoms with van der Waals surface area (Å²) in [6.45, 7) is 6.27. The minimum Gasteiger partial charge on any atom is -0.330 e. The fourth-order valence-electron chi connectivity index (χ4n) is 2.03. The van der Waals surface area contributed by atoms with E-state index in [1.54, 1.807) is 0 Å². The molecule has 96 valence electrons. The van der Waals surface area contributed by atoms with Crippen molar-refractivity contribution in [2.24, 2.45) is 5.73 Å². The van der Waals surface area contributed by atoms with E-state index in [4.69, 9.17) is 5.73 Å². The fourth-order valence-corrected chi connectivity index (χ4v) is 2.03. The molecule has 1 heterocycles. The number of nitrogens with zero attached hydrogens (tertiary/aromatic N) is 2. The Morgan fingerprint density at radius 3 is 2.82 bits per heavy atom. The first-order valence-corrected chi connectivity index (χ1v) is 6.54. The Bertz CT molecular complexity index is 325. The highest BCUT2D eigenvalue weighted by Crippen LogP contribution is 2.20. The molecule has 1 aromatic heterocycles. The average Bonchev–Trinajstić information content (AvgIpc) is 2.38. The molecule has 1 unspecified atom stereocenters. The molecule has 1 rings (SSSR count). The molecule has 0 saturated carbocycles. The van der Waals surface area contributed by atoms with Gasteiger partial charge in [-0.1, -0.05) is 13.0 Å². The highest BCUT2D eigenvalue weighted by atomic mass is 15.1. The Kier molecular flexibility index (Phi) is 6.16. The number of aromatic nitrogens is 1. The molecule has 0 spiro atoms. The second-order valence-corrected chi connectivity index (χ2v) is 4.55. The number of aryl methyl sites for hydroxylation is 1. The minimum atomic E-state index is 0.379. The minimum absolute atomic E-state index is 0.379. The zero-order chi connectivity index (χ0) is 12.7. The maximum atomic E-state index is 5.52. The van der Waals surface area contributed by atoms with Gasteiger partial charge in [0.2, 0.25) is 0 Å². The third-order valence-corrected chi connectivity index (χ3v) is 3.33. The van der Waals surface area contributed by atoms with Crippen molar-refractivity contribution in [3.8, 4) is 0 Å². The van der Waals surface area contributed by atoms with Crippen molar-refractivity contribution >= 4 is 0 Å². The van der Waals surface area contributed by atoms with Crippen LogP contribution in [0, 0.1) is 0 Å². The molecule has 0 aliphatic carbocycles. The van der Waals surface area contributed by atoms with Crippen LogP contribution in [0.5, 0.6) is 0 Å². The number of hydrogen-bond donors (Lipinski definition) is 1. The van der Waals surface area contributed by atoms with E-state index < -0.39 is 0 Å². The van der Waals surface area contributed by atoms with E-state index >= 15 is 0 Å². The van der Waals surface area contributed by atoms with E-state index in [9.17, 15) is 0 Å². The second-order valence-electron chi connectivity index (χ2n) is 4.55. The van der Waals surface area contributed by atoms with Crippen LogP contribution < -0.4 is 5.73 Å². The zero-order valence-corrected chi connectivity index (χ0v) is 11.3. The smallest absolute Gasteiger partial charge is 0.0604 e. The Hall–Kier alpha value is -0.930. The predicted octanol–water partition coefficient (Wildman–Crippen LogP) is 2.38. The maximum absolute atomic E-state index is 5.52. The van der Waals surface area contributed by atoms with Gasteiger partial charge in [0.05, 0.1) is 5.69 Å². The quantitative estimate of drug-likeness (QED) is 0.738. The molecule has 0 radical (unpaired) electrons. The highest BCUT2D eigenvalue weighted by molar-refractivity contribution is 5.22. The third kappa shape index (κ3) is 4.10. The largest absolute Gasteiger partial charge is 0.330 e. The Morgan fingerprint density at radius 2 is 2.18 bits per heavy atom. The van der Waals surface area contributed by atoms with Crippen LogP contribution in [-0.2, 0) is 6.42 Å². The Balaban J connectivity index is 2.64. The first-order valence-electron chi connectivity index (χ1n) is 6.54. The van der Waals surface area contributed by atoms with Crippen molar-refractivity contribution in [1.82, 2.24) is 9.88 Å². The molecule has 0 bridgehead atoms. The Labute approximate surface area is 105 Å². The number of hydrogen-bond acceptors (Lipinski definition) is 3. The lowest BCUT2D eigenvalue weighted by Gasteiger charge is -2.25. The molecule has 0 amide bonds. The van der Waals surface area contributed by atoms with Crippen LogP contribution in [0.25, 0.3) is 0 Å². The molecule has 0 aliphatic heterocycles. The topological polar surface area (TPSA) is 42.2 Å². The van der Waals surface area contributed by atoms with Crippen LogP contribution in [0.1, 0.15) is 44.0 Å². The molecular formula is C14H25N3. The van der Waals surface area contributed by atoms with Gasteiger partial charge in [-0.2, -0.15) is 0 Å². The summed E-state index contributed by atoms with van der Waals surface area (Å²) in [7, 11) is 2.16. The lowest BCUT2D eigenvalue weighted by molar-refractivity contribution is 0.251. The summed E-state index contributed by atoms with van der Waals surface area (Å²) in [6, 6.07) is 4.57. The third-order valence-electron chi connectivity index (χ3n) is 3.33. The van der Waals surface area contributed by atoms with Crippen LogP contribution in [0.2, 0.25) is 0 Å². The molecule has 0 saturated heterocycles. The second kappa shape index (κ2) is 7.41. The SMILES string of the molecule is CCc1cccnc1C(C)N(C)CCCCN. The number of unbranched alkanes of at least 4 members (excludes halogenated alkanes) is 1. The van der Waals surface area contributed by atoms with Gasteiger partial charge >= 0.3 is 0 Å².